The standard InChI is InChI=1S/C22H26O2S/c1-13-9-17-18(22(5,6)8-7-21(17,3)4)11-16(13)15-10-19(25-12-15)14(2)20(23)24/h9-12H,2,7-8H2,1,3-6H3,(H,23,24). The van der Waals surface area contributed by atoms with E-state index in [2.05, 4.69) is 53.3 Å². The van der Waals surface area contributed by atoms with Gasteiger partial charge in [0.25, 0.3) is 0 Å². The van der Waals surface area contributed by atoms with E-state index >= 15 is 0 Å². The van der Waals surface area contributed by atoms with Crippen LogP contribution in [0.3, 0.4) is 0 Å². The van der Waals surface area contributed by atoms with Crippen LogP contribution in [0.2, 0.25) is 0 Å². The summed E-state index contributed by atoms with van der Waals surface area (Å²) in [6, 6.07) is 6.63. The SMILES string of the molecule is C=C(C(=O)O)c1cc(-c2cc3c(cc2C)C(C)(C)CCC3(C)C)cs1. The Hall–Kier alpha value is -1.87. The van der Waals surface area contributed by atoms with Crippen molar-refractivity contribution in [3.63, 3.8) is 0 Å². The molecule has 0 unspecified atom stereocenters. The molecule has 0 saturated carbocycles. The quantitative estimate of drug-likeness (QED) is 0.669. The molecule has 0 atom stereocenters. The fraction of sp³-hybridized carbons (Fsp3) is 0.409. The molecule has 0 bridgehead atoms. The molecule has 1 aromatic heterocycles. The molecular weight excluding hydrogens is 328 g/mol. The molecule has 0 saturated heterocycles. The first kappa shape index (κ1) is 17.9. The van der Waals surface area contributed by atoms with Crippen molar-refractivity contribution in [1.29, 1.82) is 0 Å². The summed E-state index contributed by atoms with van der Waals surface area (Å²) in [5.41, 5.74) is 6.93. The number of hydrogen-bond acceptors (Lipinski definition) is 2. The van der Waals surface area contributed by atoms with Crippen LogP contribution in [-0.2, 0) is 15.6 Å². The average Bonchev–Trinajstić information content (AvgIpc) is 3.00. The van der Waals surface area contributed by atoms with E-state index < -0.39 is 5.97 Å². The van der Waals surface area contributed by atoms with Crippen LogP contribution in [0.4, 0.5) is 0 Å². The number of carboxylic acids is 1. The first-order chi connectivity index (χ1) is 11.5. The van der Waals surface area contributed by atoms with Crippen LogP contribution in [0.15, 0.2) is 30.2 Å². The van der Waals surface area contributed by atoms with E-state index in [1.54, 1.807) is 0 Å². The minimum absolute atomic E-state index is 0.160. The van der Waals surface area contributed by atoms with Gasteiger partial charge in [0, 0.05) is 4.88 Å². The van der Waals surface area contributed by atoms with E-state index in [0.717, 1.165) is 10.4 Å². The molecule has 3 rings (SSSR count). The molecule has 0 aliphatic heterocycles. The third-order valence-electron chi connectivity index (χ3n) is 5.66. The van der Waals surface area contributed by atoms with E-state index in [1.807, 2.05) is 11.4 Å². The van der Waals surface area contributed by atoms with Gasteiger partial charge in [-0.3, -0.25) is 0 Å². The number of fused-ring (bicyclic) bond motifs is 1. The summed E-state index contributed by atoms with van der Waals surface area (Å²) < 4.78 is 0. The summed E-state index contributed by atoms with van der Waals surface area (Å²) in [5, 5.41) is 11.2. The topological polar surface area (TPSA) is 37.3 Å². The van der Waals surface area contributed by atoms with Gasteiger partial charge in [-0.1, -0.05) is 46.4 Å². The van der Waals surface area contributed by atoms with Gasteiger partial charge in [0.2, 0.25) is 0 Å². The van der Waals surface area contributed by atoms with Gasteiger partial charge in [0.15, 0.2) is 0 Å². The molecule has 0 amide bonds. The molecule has 3 heteroatoms. The monoisotopic (exact) mass is 354 g/mol. The number of hydrogen-bond donors (Lipinski definition) is 1. The summed E-state index contributed by atoms with van der Waals surface area (Å²) in [7, 11) is 0. The lowest BCUT2D eigenvalue weighted by Gasteiger charge is -2.42. The highest BCUT2D eigenvalue weighted by molar-refractivity contribution is 7.12. The Morgan fingerprint density at radius 1 is 1.08 bits per heavy atom. The molecule has 0 fully saturated rings. The molecule has 2 aromatic rings. The third kappa shape index (κ3) is 3.06. The van der Waals surface area contributed by atoms with E-state index in [4.69, 9.17) is 5.11 Å². The maximum atomic E-state index is 11.2. The molecule has 1 N–H and O–H groups in total. The Labute approximate surface area is 154 Å². The average molecular weight is 355 g/mol. The number of thiophene rings is 1. The molecule has 1 aliphatic rings. The van der Waals surface area contributed by atoms with Gasteiger partial charge in [-0.15, -0.1) is 11.3 Å². The zero-order valence-electron chi connectivity index (χ0n) is 15.7. The van der Waals surface area contributed by atoms with E-state index in [-0.39, 0.29) is 16.4 Å². The summed E-state index contributed by atoms with van der Waals surface area (Å²) in [6.07, 6.45) is 2.38. The number of carbonyl (C=O) groups is 1. The summed E-state index contributed by atoms with van der Waals surface area (Å²) in [6.45, 7) is 15.1. The highest BCUT2D eigenvalue weighted by Gasteiger charge is 2.37. The fourth-order valence-electron chi connectivity index (χ4n) is 3.77. The van der Waals surface area contributed by atoms with Crippen molar-refractivity contribution in [3.8, 4) is 11.1 Å². The molecule has 1 aromatic carbocycles. The van der Waals surface area contributed by atoms with Gasteiger partial charge < -0.3 is 5.11 Å². The minimum atomic E-state index is -0.960. The van der Waals surface area contributed by atoms with Crippen LogP contribution < -0.4 is 0 Å². The van der Waals surface area contributed by atoms with E-state index in [0.29, 0.717) is 0 Å². The number of aryl methyl sites for hydroxylation is 1. The molecule has 0 radical (unpaired) electrons. The second-order valence-corrected chi connectivity index (χ2v) is 9.38. The molecule has 2 nitrogen and oxygen atoms in total. The highest BCUT2D eigenvalue weighted by Crippen LogP contribution is 2.48. The van der Waals surface area contributed by atoms with Crippen molar-refractivity contribution >= 4 is 22.9 Å². The van der Waals surface area contributed by atoms with E-state index in [9.17, 15) is 4.79 Å². The third-order valence-corrected chi connectivity index (χ3v) is 6.65. The maximum absolute atomic E-state index is 11.2. The van der Waals surface area contributed by atoms with Gasteiger partial charge in [0.05, 0.1) is 5.57 Å². The smallest absolute Gasteiger partial charge is 0.336 e. The van der Waals surface area contributed by atoms with Crippen molar-refractivity contribution < 1.29 is 9.90 Å². The van der Waals surface area contributed by atoms with Crippen LogP contribution in [0, 0.1) is 6.92 Å². The van der Waals surface area contributed by atoms with Crippen molar-refractivity contribution in [1.82, 2.24) is 0 Å². The Balaban J connectivity index is 2.14. The molecule has 25 heavy (non-hydrogen) atoms. The highest BCUT2D eigenvalue weighted by atomic mass is 32.1. The fourth-order valence-corrected chi connectivity index (χ4v) is 4.65. The molecular formula is C22H26O2S. The Bertz CT molecular complexity index is 868. The second-order valence-electron chi connectivity index (χ2n) is 8.46. The van der Waals surface area contributed by atoms with Gasteiger partial charge in [-0.05, 0) is 69.9 Å². The Morgan fingerprint density at radius 3 is 2.20 bits per heavy atom. The number of carboxylic acid groups (broad SMARTS) is 1. The normalized spacial score (nSPS) is 17.8. The summed E-state index contributed by atoms with van der Waals surface area (Å²) in [5.74, 6) is -0.960. The molecule has 132 valence electrons. The number of aliphatic carboxylic acids is 1. The van der Waals surface area contributed by atoms with Crippen molar-refractivity contribution in [2.75, 3.05) is 0 Å². The first-order valence-corrected chi connectivity index (χ1v) is 9.58. The van der Waals surface area contributed by atoms with Gasteiger partial charge in [0.1, 0.15) is 0 Å². The van der Waals surface area contributed by atoms with Gasteiger partial charge >= 0.3 is 5.97 Å². The zero-order valence-corrected chi connectivity index (χ0v) is 16.5. The van der Waals surface area contributed by atoms with Crippen LogP contribution in [-0.4, -0.2) is 11.1 Å². The largest absolute Gasteiger partial charge is 0.478 e. The number of rotatable bonds is 3. The lowest BCUT2D eigenvalue weighted by molar-refractivity contribution is -0.130. The molecule has 0 spiro atoms. The van der Waals surface area contributed by atoms with Crippen LogP contribution >= 0.6 is 11.3 Å². The predicted molar refractivity (Wildman–Crippen MR) is 106 cm³/mol. The lowest BCUT2D eigenvalue weighted by atomic mass is 9.62. The van der Waals surface area contributed by atoms with Gasteiger partial charge in [-0.25, -0.2) is 4.79 Å². The molecule has 1 aliphatic carbocycles. The maximum Gasteiger partial charge on any atom is 0.336 e. The van der Waals surface area contributed by atoms with Crippen molar-refractivity contribution in [2.24, 2.45) is 0 Å². The Morgan fingerprint density at radius 2 is 1.64 bits per heavy atom. The predicted octanol–water partition coefficient (Wildman–Crippen LogP) is 6.17. The lowest BCUT2D eigenvalue weighted by Crippen LogP contribution is -2.34. The van der Waals surface area contributed by atoms with Crippen molar-refractivity contribution in [2.45, 2.75) is 58.3 Å². The van der Waals surface area contributed by atoms with Crippen LogP contribution in [0.1, 0.15) is 62.1 Å². The zero-order chi connectivity index (χ0) is 18.6. The van der Waals surface area contributed by atoms with Crippen LogP contribution in [0.5, 0.6) is 0 Å². The minimum Gasteiger partial charge on any atom is -0.478 e. The van der Waals surface area contributed by atoms with Crippen LogP contribution in [0.25, 0.3) is 16.7 Å². The van der Waals surface area contributed by atoms with Crippen molar-refractivity contribution in [3.05, 3.63) is 51.7 Å². The summed E-state index contributed by atoms with van der Waals surface area (Å²) in [4.78, 5) is 11.9. The summed E-state index contributed by atoms with van der Waals surface area (Å²) >= 11 is 1.45. The molecule has 1 heterocycles. The Kier molecular flexibility index (Phi) is 4.19. The first-order valence-electron chi connectivity index (χ1n) is 8.70. The van der Waals surface area contributed by atoms with Gasteiger partial charge in [-0.2, -0.15) is 0 Å². The van der Waals surface area contributed by atoms with E-state index in [1.165, 1.54) is 46.4 Å². The number of benzene rings is 1. The second kappa shape index (κ2) is 5.84.